The summed E-state index contributed by atoms with van der Waals surface area (Å²) < 4.78 is 5.90. The van der Waals surface area contributed by atoms with Crippen molar-refractivity contribution in [1.29, 1.82) is 0 Å². The summed E-state index contributed by atoms with van der Waals surface area (Å²) in [6.45, 7) is 1.52. The van der Waals surface area contributed by atoms with Gasteiger partial charge in [0.05, 0.1) is 5.69 Å². The Bertz CT molecular complexity index is 1250. The average Bonchev–Trinajstić information content (AvgIpc) is 3.24. The van der Waals surface area contributed by atoms with Crippen LogP contribution in [-0.2, 0) is 11.2 Å². The van der Waals surface area contributed by atoms with Crippen molar-refractivity contribution in [3.05, 3.63) is 77.2 Å². The summed E-state index contributed by atoms with van der Waals surface area (Å²) in [5.41, 5.74) is 11.8. The van der Waals surface area contributed by atoms with E-state index in [-0.39, 0.29) is 5.91 Å². The quantitative estimate of drug-likeness (QED) is 0.395. The molecule has 0 bridgehead atoms. The van der Waals surface area contributed by atoms with Gasteiger partial charge in [-0.1, -0.05) is 30.3 Å². The number of nitrogens with one attached hydrogen (secondary N) is 1. The van der Waals surface area contributed by atoms with E-state index in [9.17, 15) is 4.79 Å². The highest BCUT2D eigenvalue weighted by atomic mass is 32.1. The second-order valence-electron chi connectivity index (χ2n) is 7.18. The van der Waals surface area contributed by atoms with Crippen LogP contribution in [0.15, 0.2) is 66.7 Å². The van der Waals surface area contributed by atoms with Crippen LogP contribution in [-0.4, -0.2) is 10.9 Å². The van der Waals surface area contributed by atoms with Crippen LogP contribution in [0.25, 0.3) is 22.4 Å². The maximum atomic E-state index is 11.8. The highest BCUT2D eigenvalue weighted by Crippen LogP contribution is 2.44. The molecule has 5 nitrogen and oxygen atoms in total. The van der Waals surface area contributed by atoms with Crippen LogP contribution in [0.2, 0.25) is 0 Å². The molecule has 0 unspecified atom stereocenters. The zero-order chi connectivity index (χ0) is 20.7. The van der Waals surface area contributed by atoms with Crippen molar-refractivity contribution < 1.29 is 9.53 Å². The van der Waals surface area contributed by atoms with Crippen molar-refractivity contribution in [3.63, 3.8) is 0 Å². The monoisotopic (exact) mass is 413 g/mol. The van der Waals surface area contributed by atoms with Crippen molar-refractivity contribution >= 4 is 28.1 Å². The van der Waals surface area contributed by atoms with Crippen LogP contribution in [0.1, 0.15) is 17.4 Å². The fourth-order valence-electron chi connectivity index (χ4n) is 3.74. The minimum Gasteiger partial charge on any atom is -0.457 e. The van der Waals surface area contributed by atoms with Gasteiger partial charge in [0.1, 0.15) is 11.5 Å². The highest BCUT2D eigenvalue weighted by molar-refractivity contribution is 7.15. The molecule has 6 heteroatoms. The molecule has 5 rings (SSSR count). The van der Waals surface area contributed by atoms with E-state index in [1.807, 2.05) is 60.7 Å². The summed E-state index contributed by atoms with van der Waals surface area (Å²) in [6, 6.07) is 21.7. The Kier molecular flexibility index (Phi) is 4.48. The van der Waals surface area contributed by atoms with Gasteiger partial charge < -0.3 is 15.8 Å². The number of ether oxygens (including phenoxy) is 1. The lowest BCUT2D eigenvalue weighted by Crippen LogP contribution is -2.07. The molecule has 1 aliphatic rings. The normalized spacial score (nSPS) is 11.6. The number of carbonyl (C=O) groups excluding carboxylic acids is 1. The number of hydrogen-bond donors (Lipinski definition) is 2. The van der Waals surface area contributed by atoms with Crippen LogP contribution in [0, 0.1) is 0 Å². The zero-order valence-corrected chi connectivity index (χ0v) is 17.1. The van der Waals surface area contributed by atoms with E-state index < -0.39 is 0 Å². The minimum absolute atomic E-state index is 0.102. The van der Waals surface area contributed by atoms with Gasteiger partial charge in [0, 0.05) is 35.0 Å². The molecule has 0 fully saturated rings. The van der Waals surface area contributed by atoms with Gasteiger partial charge in [-0.3, -0.25) is 4.79 Å². The molecule has 30 heavy (non-hydrogen) atoms. The average molecular weight is 414 g/mol. The van der Waals surface area contributed by atoms with Gasteiger partial charge in [0.15, 0.2) is 5.13 Å². The van der Waals surface area contributed by atoms with E-state index in [0.717, 1.165) is 51.6 Å². The van der Waals surface area contributed by atoms with Gasteiger partial charge in [-0.15, -0.1) is 11.3 Å². The van der Waals surface area contributed by atoms with Gasteiger partial charge in [-0.05, 0) is 47.5 Å². The number of nitrogen functional groups attached to an aromatic ring is 1. The number of fused-ring (bicyclic) bond motifs is 3. The Hall–Kier alpha value is -3.64. The Balaban J connectivity index is 1.53. The molecule has 1 amide bonds. The van der Waals surface area contributed by atoms with Crippen molar-refractivity contribution in [2.24, 2.45) is 0 Å². The first-order valence-electron chi connectivity index (χ1n) is 9.60. The first-order chi connectivity index (χ1) is 14.6. The summed E-state index contributed by atoms with van der Waals surface area (Å²) in [4.78, 5) is 17.5. The van der Waals surface area contributed by atoms with Crippen LogP contribution >= 0.6 is 11.3 Å². The Morgan fingerprint density at radius 3 is 2.50 bits per heavy atom. The summed E-state index contributed by atoms with van der Waals surface area (Å²) in [5.74, 6) is 1.44. The van der Waals surface area contributed by atoms with Crippen molar-refractivity contribution in [2.45, 2.75) is 13.3 Å². The third-order valence-electron chi connectivity index (χ3n) is 5.02. The smallest absolute Gasteiger partial charge is 0.221 e. The van der Waals surface area contributed by atoms with Crippen LogP contribution in [0.5, 0.6) is 11.5 Å². The van der Waals surface area contributed by atoms with Crippen molar-refractivity contribution in [2.75, 3.05) is 11.1 Å². The lowest BCUT2D eigenvalue weighted by molar-refractivity contribution is -0.114. The molecule has 0 saturated heterocycles. The number of nitrogens with two attached hydrogens (primary N) is 1. The molecule has 3 aromatic carbocycles. The van der Waals surface area contributed by atoms with E-state index in [2.05, 4.69) is 16.4 Å². The summed E-state index contributed by atoms with van der Waals surface area (Å²) in [6.07, 6.45) is 0.788. The number of amides is 1. The predicted octanol–water partition coefficient (Wildman–Crippen LogP) is 5.71. The van der Waals surface area contributed by atoms with Crippen LogP contribution in [0.3, 0.4) is 0 Å². The fraction of sp³-hybridized carbons (Fsp3) is 0.0833. The molecule has 0 radical (unpaired) electrons. The van der Waals surface area contributed by atoms with Crippen LogP contribution < -0.4 is 15.8 Å². The van der Waals surface area contributed by atoms with Crippen LogP contribution in [0.4, 0.5) is 10.8 Å². The number of aromatic nitrogens is 1. The molecule has 0 spiro atoms. The number of para-hydroxylation sites is 1. The molecule has 1 heterocycles. The molecule has 148 valence electrons. The van der Waals surface area contributed by atoms with Gasteiger partial charge in [0.25, 0.3) is 0 Å². The summed E-state index contributed by atoms with van der Waals surface area (Å²) in [5, 5.41) is 3.56. The molecule has 1 aromatic heterocycles. The largest absolute Gasteiger partial charge is 0.457 e. The number of thiazole rings is 1. The lowest BCUT2D eigenvalue weighted by atomic mass is 9.97. The van der Waals surface area contributed by atoms with Crippen molar-refractivity contribution in [3.8, 4) is 33.9 Å². The molecule has 4 aromatic rings. The minimum atomic E-state index is -0.102. The van der Waals surface area contributed by atoms with Gasteiger partial charge >= 0.3 is 0 Å². The molecular formula is C24H19N3O2S. The maximum Gasteiger partial charge on any atom is 0.221 e. The topological polar surface area (TPSA) is 77.2 Å². The number of rotatable bonds is 4. The lowest BCUT2D eigenvalue weighted by Gasteiger charge is -2.14. The molecule has 3 N–H and O–H groups in total. The fourth-order valence-corrected chi connectivity index (χ4v) is 4.61. The van der Waals surface area contributed by atoms with E-state index in [1.54, 1.807) is 0 Å². The summed E-state index contributed by atoms with van der Waals surface area (Å²) in [7, 11) is 0. The van der Waals surface area contributed by atoms with E-state index in [1.165, 1.54) is 23.1 Å². The first kappa shape index (κ1) is 18.4. The molecule has 1 aliphatic carbocycles. The number of carbonyl (C=O) groups is 1. The predicted molar refractivity (Wildman–Crippen MR) is 121 cm³/mol. The Morgan fingerprint density at radius 2 is 1.77 bits per heavy atom. The second-order valence-corrected chi connectivity index (χ2v) is 8.29. The van der Waals surface area contributed by atoms with Gasteiger partial charge in [0.2, 0.25) is 5.91 Å². The highest BCUT2D eigenvalue weighted by Gasteiger charge is 2.25. The van der Waals surface area contributed by atoms with E-state index in [4.69, 9.17) is 10.5 Å². The van der Waals surface area contributed by atoms with Crippen molar-refractivity contribution in [1.82, 2.24) is 4.98 Å². The molecular weight excluding hydrogens is 394 g/mol. The first-order valence-corrected chi connectivity index (χ1v) is 10.4. The standard InChI is InChI=1S/C24H19N3O2S/c1-14(28)26-21-11-16-12-22-23(27-24(25)30-22)20(16)13-19(21)15-7-9-18(10-8-15)29-17-5-3-2-4-6-17/h2-11,13H,12H2,1H3,(H2,25,27)(H,26,28). The number of nitrogens with zero attached hydrogens (tertiary/aromatic N) is 1. The van der Waals surface area contributed by atoms with E-state index >= 15 is 0 Å². The molecule has 0 aliphatic heterocycles. The Labute approximate surface area is 178 Å². The van der Waals surface area contributed by atoms with Gasteiger partial charge in [-0.2, -0.15) is 0 Å². The number of hydrogen-bond acceptors (Lipinski definition) is 5. The Morgan fingerprint density at radius 1 is 1.03 bits per heavy atom. The number of anilines is 2. The zero-order valence-electron chi connectivity index (χ0n) is 16.3. The third kappa shape index (κ3) is 3.42. The maximum absolute atomic E-state index is 11.8. The van der Waals surface area contributed by atoms with E-state index in [0.29, 0.717) is 5.13 Å². The SMILES string of the molecule is CC(=O)Nc1cc2c(cc1-c1ccc(Oc3ccccc3)cc1)-c1nc(N)sc1C2. The van der Waals surface area contributed by atoms with Gasteiger partial charge in [-0.25, -0.2) is 4.98 Å². The molecule has 0 saturated carbocycles. The third-order valence-corrected chi connectivity index (χ3v) is 5.90. The number of benzene rings is 3. The second kappa shape index (κ2) is 7.31. The summed E-state index contributed by atoms with van der Waals surface area (Å²) >= 11 is 1.52. The molecule has 0 atom stereocenters.